The summed E-state index contributed by atoms with van der Waals surface area (Å²) in [6.07, 6.45) is -0.620. The van der Waals surface area contributed by atoms with Gasteiger partial charge in [0.25, 0.3) is 0 Å². The Morgan fingerprint density at radius 3 is 2.36 bits per heavy atom. The monoisotopic (exact) mass is 521 g/mol. The molecule has 0 spiro atoms. The largest absolute Gasteiger partial charge is 0.508 e. The molecule has 1 saturated heterocycles. The van der Waals surface area contributed by atoms with Crippen LogP contribution in [0.4, 0.5) is 0 Å². The third kappa shape index (κ3) is 7.92. The number of hydrogen-bond donors (Lipinski definition) is 3. The van der Waals surface area contributed by atoms with Crippen LogP contribution in [0.3, 0.4) is 0 Å². The second kappa shape index (κ2) is 12.5. The van der Waals surface area contributed by atoms with Crippen LogP contribution >= 0.6 is 0 Å². The average molecular weight is 522 g/mol. The van der Waals surface area contributed by atoms with Crippen LogP contribution in [0.15, 0.2) is 53.4 Å². The molecular weight excluding hydrogens is 486 g/mol. The number of sulfonamides is 1. The number of carbonyl (C=O) groups is 1. The maximum absolute atomic E-state index is 13.4. The van der Waals surface area contributed by atoms with Crippen LogP contribution in [-0.2, 0) is 30.7 Å². The summed E-state index contributed by atoms with van der Waals surface area (Å²) in [5.41, 5.74) is 0.898. The fraction of sp³-hybridized carbons (Fsp3) is 0.500. The fourth-order valence-electron chi connectivity index (χ4n) is 4.22. The smallest absolute Gasteiger partial charge is 0.306 e. The number of rotatable bonds is 12. The van der Waals surface area contributed by atoms with Crippen molar-refractivity contribution < 1.29 is 38.0 Å². The van der Waals surface area contributed by atoms with Gasteiger partial charge in [0.15, 0.2) is 0 Å². The molecule has 0 amide bonds. The molecule has 9 nitrogen and oxygen atoms in total. The molecular formula is C26H35NO8S. The van der Waals surface area contributed by atoms with Crippen LogP contribution in [0.1, 0.15) is 32.3 Å². The zero-order valence-electron chi connectivity index (χ0n) is 20.6. The molecule has 1 aliphatic rings. The highest BCUT2D eigenvalue weighted by Gasteiger charge is 2.33. The standard InChI is InChI=1S/C26H35NO8S/c1-18(2)15-27(36(32,33)24-13-21(28)12-22(29)14-24)16-25(30)20(10-19-6-4-3-5-7-19)11-26(31)35-23-8-9-34-17-23/h3-7,12-14,18,20,23,25,28-30H,8-11,15-17H2,1-2H3/t20-,23?,25-/m1/s1. The summed E-state index contributed by atoms with van der Waals surface area (Å²) in [4.78, 5) is 12.4. The molecule has 2 aromatic carbocycles. The molecule has 1 aliphatic heterocycles. The minimum absolute atomic E-state index is 0.0715. The van der Waals surface area contributed by atoms with Gasteiger partial charge in [-0.1, -0.05) is 44.2 Å². The molecule has 0 aromatic heterocycles. The second-order valence-corrected chi connectivity index (χ2v) is 11.5. The summed E-state index contributed by atoms with van der Waals surface area (Å²) >= 11 is 0. The van der Waals surface area contributed by atoms with Crippen molar-refractivity contribution in [2.45, 2.75) is 50.2 Å². The van der Waals surface area contributed by atoms with Gasteiger partial charge in [0, 0.05) is 43.6 Å². The van der Waals surface area contributed by atoms with E-state index >= 15 is 0 Å². The molecule has 0 bridgehead atoms. The number of aliphatic hydroxyl groups is 1. The SMILES string of the molecule is CC(C)CN(C[C@@H](O)[C@@H](CC(=O)OC1CCOC1)Cc1ccccc1)S(=O)(=O)c1cc(O)cc(O)c1. The number of hydrogen-bond acceptors (Lipinski definition) is 8. The number of aromatic hydroxyl groups is 2. The van der Waals surface area contributed by atoms with Crippen LogP contribution < -0.4 is 0 Å². The lowest BCUT2D eigenvalue weighted by Crippen LogP contribution is -2.43. The Labute approximate surface area is 212 Å². The van der Waals surface area contributed by atoms with E-state index in [0.717, 1.165) is 28.1 Å². The molecule has 0 saturated carbocycles. The molecule has 10 heteroatoms. The molecule has 1 unspecified atom stereocenters. The van der Waals surface area contributed by atoms with E-state index in [9.17, 15) is 28.5 Å². The van der Waals surface area contributed by atoms with Crippen LogP contribution in [-0.4, -0.2) is 72.5 Å². The number of phenolic OH excluding ortho intramolecular Hbond substituents is 2. The Bertz CT molecular complexity index is 1080. The number of esters is 1. The summed E-state index contributed by atoms with van der Waals surface area (Å²) in [5.74, 6) is -1.93. The van der Waals surface area contributed by atoms with Gasteiger partial charge in [-0.05, 0) is 17.9 Å². The molecule has 2 aromatic rings. The van der Waals surface area contributed by atoms with Crippen LogP contribution in [0, 0.1) is 11.8 Å². The number of carbonyl (C=O) groups excluding carboxylic acids is 1. The molecule has 198 valence electrons. The first-order valence-corrected chi connectivity index (χ1v) is 13.5. The number of benzene rings is 2. The number of nitrogens with zero attached hydrogens (tertiary/aromatic N) is 1. The van der Waals surface area contributed by atoms with E-state index in [1.54, 1.807) is 0 Å². The van der Waals surface area contributed by atoms with Gasteiger partial charge in [-0.3, -0.25) is 4.79 Å². The van der Waals surface area contributed by atoms with Crippen LogP contribution in [0.2, 0.25) is 0 Å². The molecule has 0 radical (unpaired) electrons. The van der Waals surface area contributed by atoms with Crippen molar-refractivity contribution in [3.8, 4) is 11.5 Å². The lowest BCUT2D eigenvalue weighted by molar-refractivity contribution is -0.151. The van der Waals surface area contributed by atoms with Crippen molar-refractivity contribution in [2.24, 2.45) is 11.8 Å². The Morgan fingerprint density at radius 1 is 1.11 bits per heavy atom. The van der Waals surface area contributed by atoms with Crippen LogP contribution in [0.5, 0.6) is 11.5 Å². The van der Waals surface area contributed by atoms with Crippen molar-refractivity contribution in [3.63, 3.8) is 0 Å². The number of aliphatic hydroxyl groups excluding tert-OH is 1. The van der Waals surface area contributed by atoms with Gasteiger partial charge in [0.05, 0.1) is 30.6 Å². The topological polar surface area (TPSA) is 134 Å². The molecule has 36 heavy (non-hydrogen) atoms. The third-order valence-corrected chi connectivity index (χ3v) is 7.78. The van der Waals surface area contributed by atoms with Gasteiger partial charge < -0.3 is 24.8 Å². The Morgan fingerprint density at radius 2 is 1.78 bits per heavy atom. The minimum Gasteiger partial charge on any atom is -0.508 e. The van der Waals surface area contributed by atoms with Crippen molar-refractivity contribution in [1.82, 2.24) is 4.31 Å². The van der Waals surface area contributed by atoms with Gasteiger partial charge in [-0.2, -0.15) is 4.31 Å². The zero-order chi connectivity index (χ0) is 26.3. The highest BCUT2D eigenvalue weighted by molar-refractivity contribution is 7.89. The first-order valence-electron chi connectivity index (χ1n) is 12.1. The van der Waals surface area contributed by atoms with E-state index in [1.807, 2.05) is 44.2 Å². The van der Waals surface area contributed by atoms with Crippen molar-refractivity contribution >= 4 is 16.0 Å². The molecule has 1 heterocycles. The maximum Gasteiger partial charge on any atom is 0.306 e. The van der Waals surface area contributed by atoms with Gasteiger partial charge in [-0.25, -0.2) is 8.42 Å². The fourth-order valence-corrected chi connectivity index (χ4v) is 5.90. The summed E-state index contributed by atoms with van der Waals surface area (Å²) < 4.78 is 38.7. The summed E-state index contributed by atoms with van der Waals surface area (Å²) in [6.45, 7) is 4.39. The van der Waals surface area contributed by atoms with Crippen molar-refractivity contribution in [1.29, 1.82) is 0 Å². The van der Waals surface area contributed by atoms with E-state index in [-0.39, 0.29) is 47.9 Å². The molecule has 3 rings (SSSR count). The predicted octanol–water partition coefficient (Wildman–Crippen LogP) is 2.69. The second-order valence-electron chi connectivity index (χ2n) is 9.60. The number of phenols is 2. The van der Waals surface area contributed by atoms with E-state index in [4.69, 9.17) is 9.47 Å². The molecule has 3 atom stereocenters. The zero-order valence-corrected chi connectivity index (χ0v) is 21.4. The van der Waals surface area contributed by atoms with E-state index in [2.05, 4.69) is 0 Å². The molecule has 1 fully saturated rings. The van der Waals surface area contributed by atoms with Crippen molar-refractivity contribution in [3.05, 3.63) is 54.1 Å². The van der Waals surface area contributed by atoms with Gasteiger partial charge in [-0.15, -0.1) is 0 Å². The van der Waals surface area contributed by atoms with E-state index in [0.29, 0.717) is 26.1 Å². The van der Waals surface area contributed by atoms with Gasteiger partial charge in [0.2, 0.25) is 10.0 Å². The van der Waals surface area contributed by atoms with Gasteiger partial charge in [0.1, 0.15) is 17.6 Å². The average Bonchev–Trinajstić information content (AvgIpc) is 3.30. The summed E-state index contributed by atoms with van der Waals surface area (Å²) in [6, 6.07) is 12.5. The van der Waals surface area contributed by atoms with Gasteiger partial charge >= 0.3 is 5.97 Å². The van der Waals surface area contributed by atoms with E-state index < -0.39 is 28.0 Å². The predicted molar refractivity (Wildman–Crippen MR) is 133 cm³/mol. The van der Waals surface area contributed by atoms with Crippen molar-refractivity contribution in [2.75, 3.05) is 26.3 Å². The number of ether oxygens (including phenoxy) is 2. The maximum atomic E-state index is 13.4. The molecule has 0 aliphatic carbocycles. The quantitative estimate of drug-likeness (QED) is 0.363. The first kappa shape index (κ1) is 27.9. The summed E-state index contributed by atoms with van der Waals surface area (Å²) in [5, 5.41) is 30.9. The van der Waals surface area contributed by atoms with E-state index in [1.165, 1.54) is 0 Å². The third-order valence-electron chi connectivity index (χ3n) is 5.97. The minimum atomic E-state index is -4.17. The summed E-state index contributed by atoms with van der Waals surface area (Å²) in [7, 11) is -4.17. The first-order chi connectivity index (χ1) is 17.0. The Balaban J connectivity index is 1.83. The van der Waals surface area contributed by atoms with Crippen LogP contribution in [0.25, 0.3) is 0 Å². The highest BCUT2D eigenvalue weighted by atomic mass is 32.2. The highest BCUT2D eigenvalue weighted by Crippen LogP contribution is 2.28. The lowest BCUT2D eigenvalue weighted by atomic mass is 9.90. The normalized spacial score (nSPS) is 17.9. The lowest BCUT2D eigenvalue weighted by Gasteiger charge is -2.30. The Kier molecular flexibility index (Phi) is 9.72. The molecule has 3 N–H and O–H groups in total. The Hall–Kier alpha value is -2.66.